The van der Waals surface area contributed by atoms with Crippen LogP contribution in [0, 0.1) is 5.92 Å². The third kappa shape index (κ3) is 2.95. The summed E-state index contributed by atoms with van der Waals surface area (Å²) in [5, 5.41) is 8.99. The van der Waals surface area contributed by atoms with Crippen LogP contribution >= 0.6 is 0 Å². The molecule has 0 bridgehead atoms. The summed E-state index contributed by atoms with van der Waals surface area (Å²) in [5.41, 5.74) is 0. The largest absolute Gasteiger partial charge is 0.392 e. The van der Waals surface area contributed by atoms with Gasteiger partial charge in [-0.1, -0.05) is 19.3 Å². The summed E-state index contributed by atoms with van der Waals surface area (Å²) in [7, 11) is -3.08. The summed E-state index contributed by atoms with van der Waals surface area (Å²) in [4.78, 5) is 0. The molecule has 4 heteroatoms. The Balaban J connectivity index is 2.41. The molecule has 1 aliphatic rings. The molecule has 0 amide bonds. The molecule has 2 atom stereocenters. The molecular weight excluding hydrogens is 188 g/mol. The van der Waals surface area contributed by atoms with E-state index in [-0.39, 0.29) is 0 Å². The monoisotopic (exact) mass is 206 g/mol. The fourth-order valence-electron chi connectivity index (χ4n) is 1.55. The lowest BCUT2D eigenvalue weighted by Crippen LogP contribution is -2.33. The fourth-order valence-corrected chi connectivity index (χ4v) is 2.23. The first-order valence-electron chi connectivity index (χ1n) is 4.78. The van der Waals surface area contributed by atoms with Crippen molar-refractivity contribution in [2.75, 3.05) is 6.26 Å². The van der Waals surface area contributed by atoms with Gasteiger partial charge in [-0.25, -0.2) is 8.42 Å². The highest BCUT2D eigenvalue weighted by atomic mass is 32.2. The van der Waals surface area contributed by atoms with Crippen molar-refractivity contribution in [1.82, 2.24) is 0 Å². The van der Waals surface area contributed by atoms with Crippen LogP contribution in [0.2, 0.25) is 0 Å². The van der Waals surface area contributed by atoms with Gasteiger partial charge in [0.1, 0.15) is 0 Å². The van der Waals surface area contributed by atoms with Crippen LogP contribution in [0.1, 0.15) is 32.6 Å². The van der Waals surface area contributed by atoms with Crippen LogP contribution in [0.5, 0.6) is 0 Å². The van der Waals surface area contributed by atoms with E-state index in [1.807, 2.05) is 0 Å². The van der Waals surface area contributed by atoms with E-state index in [0.717, 1.165) is 12.8 Å². The van der Waals surface area contributed by atoms with Crippen molar-refractivity contribution in [1.29, 1.82) is 0 Å². The zero-order chi connectivity index (χ0) is 10.1. The van der Waals surface area contributed by atoms with Gasteiger partial charge in [0.2, 0.25) is 0 Å². The Morgan fingerprint density at radius 1 is 1.46 bits per heavy atom. The summed E-state index contributed by atoms with van der Waals surface area (Å²) in [6.07, 6.45) is 4.67. The summed E-state index contributed by atoms with van der Waals surface area (Å²) < 4.78 is 22.2. The van der Waals surface area contributed by atoms with Crippen molar-refractivity contribution >= 4 is 9.84 Å². The number of hydrogen-bond acceptors (Lipinski definition) is 3. The number of aliphatic hydroxyl groups is 1. The van der Waals surface area contributed by atoms with Crippen LogP contribution in [0.3, 0.4) is 0 Å². The molecule has 0 radical (unpaired) electrons. The molecule has 3 nitrogen and oxygen atoms in total. The van der Waals surface area contributed by atoms with Gasteiger partial charge in [0.25, 0.3) is 0 Å². The lowest BCUT2D eigenvalue weighted by Gasteiger charge is -2.29. The van der Waals surface area contributed by atoms with E-state index in [1.54, 1.807) is 6.92 Å². The molecule has 1 N–H and O–H groups in total. The number of aliphatic hydroxyl groups excluding tert-OH is 1. The van der Waals surface area contributed by atoms with Crippen molar-refractivity contribution < 1.29 is 13.5 Å². The molecule has 78 valence electrons. The minimum atomic E-state index is -3.08. The van der Waals surface area contributed by atoms with E-state index in [0.29, 0.717) is 12.3 Å². The lowest BCUT2D eigenvalue weighted by atomic mass is 9.81. The van der Waals surface area contributed by atoms with Crippen LogP contribution in [-0.2, 0) is 9.84 Å². The van der Waals surface area contributed by atoms with Gasteiger partial charge in [0.15, 0.2) is 9.84 Å². The number of rotatable bonds is 4. The predicted octanol–water partition coefficient (Wildman–Crippen LogP) is 0.971. The zero-order valence-corrected chi connectivity index (χ0v) is 9.05. The smallest absolute Gasteiger partial charge is 0.152 e. The van der Waals surface area contributed by atoms with Crippen LogP contribution in [0.4, 0.5) is 0 Å². The molecule has 13 heavy (non-hydrogen) atoms. The van der Waals surface area contributed by atoms with Gasteiger partial charge in [-0.15, -0.1) is 0 Å². The summed E-state index contributed by atoms with van der Waals surface area (Å²) >= 11 is 0. The van der Waals surface area contributed by atoms with Gasteiger partial charge in [-0.2, -0.15) is 0 Å². The van der Waals surface area contributed by atoms with Crippen molar-refractivity contribution in [2.45, 2.75) is 44.0 Å². The molecule has 0 aliphatic heterocycles. The molecular formula is C9H18O3S. The molecule has 1 aliphatic carbocycles. The van der Waals surface area contributed by atoms with Gasteiger partial charge in [0.05, 0.1) is 11.4 Å². The maximum atomic E-state index is 11.1. The van der Waals surface area contributed by atoms with E-state index < -0.39 is 21.2 Å². The van der Waals surface area contributed by atoms with Crippen LogP contribution in [0.15, 0.2) is 0 Å². The molecule has 1 saturated carbocycles. The first-order chi connectivity index (χ1) is 5.91. The Kier molecular flexibility index (Phi) is 3.35. The Morgan fingerprint density at radius 2 is 2.00 bits per heavy atom. The predicted molar refractivity (Wildman–Crippen MR) is 52.3 cm³/mol. The Bertz CT molecular complexity index is 254. The Labute approximate surface area is 80.1 Å². The van der Waals surface area contributed by atoms with Crippen LogP contribution in [0.25, 0.3) is 0 Å². The minimum Gasteiger partial charge on any atom is -0.392 e. The Morgan fingerprint density at radius 3 is 2.31 bits per heavy atom. The molecule has 0 heterocycles. The summed E-state index contributed by atoms with van der Waals surface area (Å²) in [6, 6.07) is 0. The van der Waals surface area contributed by atoms with Gasteiger partial charge in [0, 0.05) is 6.26 Å². The second-order valence-corrected chi connectivity index (χ2v) is 6.54. The Hall–Kier alpha value is -0.0900. The highest BCUT2D eigenvalue weighted by molar-refractivity contribution is 7.91. The normalized spacial score (nSPS) is 23.6. The molecule has 0 aromatic rings. The third-order valence-corrected chi connectivity index (χ3v) is 4.68. The molecule has 0 aromatic heterocycles. The quantitative estimate of drug-likeness (QED) is 0.745. The van der Waals surface area contributed by atoms with Crippen molar-refractivity contribution in [3.63, 3.8) is 0 Å². The highest BCUT2D eigenvalue weighted by Gasteiger charge is 2.28. The van der Waals surface area contributed by atoms with Crippen molar-refractivity contribution in [3.8, 4) is 0 Å². The van der Waals surface area contributed by atoms with Crippen molar-refractivity contribution in [2.24, 2.45) is 5.92 Å². The second-order valence-electron chi connectivity index (χ2n) is 4.13. The van der Waals surface area contributed by atoms with E-state index in [1.165, 1.54) is 12.7 Å². The van der Waals surface area contributed by atoms with Gasteiger partial charge in [-0.05, 0) is 19.3 Å². The average Bonchev–Trinajstić information content (AvgIpc) is 1.93. The second kappa shape index (κ2) is 3.96. The lowest BCUT2D eigenvalue weighted by molar-refractivity contribution is 0.116. The molecule has 0 spiro atoms. The summed E-state index contributed by atoms with van der Waals surface area (Å²) in [6.45, 7) is 1.58. The maximum absolute atomic E-state index is 11.1. The topological polar surface area (TPSA) is 54.4 Å². The highest BCUT2D eigenvalue weighted by Crippen LogP contribution is 2.31. The van der Waals surface area contributed by atoms with E-state index in [4.69, 9.17) is 0 Å². The number of hydrogen-bond donors (Lipinski definition) is 1. The van der Waals surface area contributed by atoms with E-state index in [9.17, 15) is 13.5 Å². The molecule has 0 saturated heterocycles. The SMILES string of the molecule is CC(C(O)CC1CCC1)S(C)(=O)=O. The van der Waals surface area contributed by atoms with Gasteiger partial charge in [-0.3, -0.25) is 0 Å². The maximum Gasteiger partial charge on any atom is 0.152 e. The molecule has 1 fully saturated rings. The number of sulfone groups is 1. The standard InChI is InChI=1S/C9H18O3S/c1-7(13(2,11)12)9(10)6-8-4-3-5-8/h7-10H,3-6H2,1-2H3. The van der Waals surface area contributed by atoms with Gasteiger partial charge < -0.3 is 5.11 Å². The van der Waals surface area contributed by atoms with E-state index in [2.05, 4.69) is 0 Å². The summed E-state index contributed by atoms with van der Waals surface area (Å²) in [5.74, 6) is 0.555. The fraction of sp³-hybridized carbons (Fsp3) is 1.00. The molecule has 1 rings (SSSR count). The first-order valence-corrected chi connectivity index (χ1v) is 6.73. The van der Waals surface area contributed by atoms with Crippen LogP contribution in [-0.4, -0.2) is 31.1 Å². The zero-order valence-electron chi connectivity index (χ0n) is 8.23. The van der Waals surface area contributed by atoms with E-state index >= 15 is 0 Å². The molecule has 2 unspecified atom stereocenters. The van der Waals surface area contributed by atoms with Gasteiger partial charge >= 0.3 is 0 Å². The average molecular weight is 206 g/mol. The van der Waals surface area contributed by atoms with Crippen molar-refractivity contribution in [3.05, 3.63) is 0 Å². The first kappa shape index (κ1) is 11.0. The minimum absolute atomic E-state index is 0.555. The third-order valence-electron chi connectivity index (χ3n) is 3.02. The molecule has 0 aromatic carbocycles. The van der Waals surface area contributed by atoms with Crippen LogP contribution < -0.4 is 0 Å².